The minimum Gasteiger partial charge on any atom is -0.377 e. The van der Waals surface area contributed by atoms with Gasteiger partial charge >= 0.3 is 0 Å². The van der Waals surface area contributed by atoms with E-state index < -0.39 is 11.6 Å². The Balaban J connectivity index is 2.22. The van der Waals surface area contributed by atoms with Gasteiger partial charge < -0.3 is 5.32 Å². The average molecular weight is 273 g/mol. The highest BCUT2D eigenvalue weighted by Gasteiger charge is 2.12. The van der Waals surface area contributed by atoms with Crippen molar-refractivity contribution in [3.63, 3.8) is 0 Å². The van der Waals surface area contributed by atoms with Crippen LogP contribution in [0.3, 0.4) is 0 Å². The number of nitriles is 1. The van der Waals surface area contributed by atoms with Crippen LogP contribution in [0.25, 0.3) is 0 Å². The van der Waals surface area contributed by atoms with E-state index in [1.807, 2.05) is 6.92 Å². The largest absolute Gasteiger partial charge is 0.377 e. The quantitative estimate of drug-likeness (QED) is 0.921. The Labute approximate surface area is 115 Å². The molecule has 2 rings (SSSR count). The number of nitrogens with one attached hydrogen (secondary N) is 1. The van der Waals surface area contributed by atoms with Gasteiger partial charge in [-0.3, -0.25) is 4.98 Å². The Morgan fingerprint density at radius 2 is 2.10 bits per heavy atom. The van der Waals surface area contributed by atoms with Gasteiger partial charge in [0.25, 0.3) is 0 Å². The Bertz CT molecular complexity index is 633. The second-order valence-corrected chi connectivity index (χ2v) is 4.31. The monoisotopic (exact) mass is 273 g/mol. The van der Waals surface area contributed by atoms with Crippen molar-refractivity contribution in [3.05, 3.63) is 59.4 Å². The van der Waals surface area contributed by atoms with E-state index in [2.05, 4.69) is 10.3 Å². The summed E-state index contributed by atoms with van der Waals surface area (Å²) in [5.74, 6) is -0.942. The summed E-state index contributed by atoms with van der Waals surface area (Å²) in [5, 5.41) is 12.0. The lowest BCUT2D eigenvalue weighted by molar-refractivity contribution is 0.614. The van der Waals surface area contributed by atoms with Crippen molar-refractivity contribution >= 4 is 5.69 Å². The zero-order chi connectivity index (χ0) is 14.5. The lowest BCUT2D eigenvalue weighted by Crippen LogP contribution is -2.11. The summed E-state index contributed by atoms with van der Waals surface area (Å²) in [6.45, 7) is 1.96. The highest BCUT2D eigenvalue weighted by molar-refractivity contribution is 5.51. The van der Waals surface area contributed by atoms with Gasteiger partial charge in [-0.25, -0.2) is 8.78 Å². The molecule has 0 bridgehead atoms. The Morgan fingerprint density at radius 3 is 2.70 bits per heavy atom. The molecule has 5 heteroatoms. The van der Waals surface area contributed by atoms with E-state index in [0.717, 1.165) is 12.6 Å². The maximum atomic E-state index is 13.3. The molecule has 3 nitrogen and oxygen atoms in total. The molecule has 1 atom stereocenters. The predicted molar refractivity (Wildman–Crippen MR) is 72.0 cm³/mol. The first-order valence-electron chi connectivity index (χ1n) is 6.21. The van der Waals surface area contributed by atoms with Gasteiger partial charge in [-0.2, -0.15) is 5.26 Å². The van der Waals surface area contributed by atoms with Gasteiger partial charge in [0.05, 0.1) is 23.5 Å². The number of halogens is 2. The Hall–Kier alpha value is -2.48. The molecule has 1 aromatic carbocycles. The van der Waals surface area contributed by atoms with Crippen LogP contribution in [-0.2, 0) is 0 Å². The fraction of sp³-hybridized carbons (Fsp3) is 0.200. The van der Waals surface area contributed by atoms with Gasteiger partial charge in [0, 0.05) is 5.69 Å². The third-order valence-electron chi connectivity index (χ3n) is 2.94. The first-order valence-corrected chi connectivity index (χ1v) is 6.21. The molecule has 0 spiro atoms. The van der Waals surface area contributed by atoms with E-state index in [9.17, 15) is 8.78 Å². The number of aromatic nitrogens is 1. The van der Waals surface area contributed by atoms with E-state index in [1.165, 1.54) is 18.2 Å². The number of hydrogen-bond donors (Lipinski definition) is 1. The van der Waals surface area contributed by atoms with Gasteiger partial charge in [-0.1, -0.05) is 6.92 Å². The number of pyridine rings is 1. The van der Waals surface area contributed by atoms with Gasteiger partial charge in [-0.05, 0) is 36.8 Å². The molecule has 1 aromatic heterocycles. The fourth-order valence-electron chi connectivity index (χ4n) is 1.88. The standard InChI is InChI=1S/C15H13F2N3/c1-2-14(15-6-3-11(16)9-19-15)20-12-4-5-13(17)10(7-12)8-18/h3-7,9,14,20H,2H2,1H3. The molecule has 20 heavy (non-hydrogen) atoms. The van der Waals surface area contributed by atoms with E-state index in [0.29, 0.717) is 11.4 Å². The van der Waals surface area contributed by atoms with Crippen molar-refractivity contribution in [2.45, 2.75) is 19.4 Å². The number of nitrogens with zero attached hydrogens (tertiary/aromatic N) is 2. The second kappa shape index (κ2) is 6.11. The van der Waals surface area contributed by atoms with Gasteiger partial charge in [0.2, 0.25) is 0 Å². The van der Waals surface area contributed by atoms with Crippen molar-refractivity contribution in [3.8, 4) is 6.07 Å². The maximum Gasteiger partial charge on any atom is 0.141 e. The van der Waals surface area contributed by atoms with Crippen molar-refractivity contribution in [2.24, 2.45) is 0 Å². The van der Waals surface area contributed by atoms with Crippen LogP contribution >= 0.6 is 0 Å². The maximum absolute atomic E-state index is 13.3. The summed E-state index contributed by atoms with van der Waals surface area (Å²) in [7, 11) is 0. The zero-order valence-electron chi connectivity index (χ0n) is 10.9. The lowest BCUT2D eigenvalue weighted by Gasteiger charge is -2.18. The van der Waals surface area contributed by atoms with Crippen LogP contribution in [0.2, 0.25) is 0 Å². The molecule has 0 aliphatic rings. The predicted octanol–water partition coefficient (Wildman–Crippen LogP) is 3.79. The third kappa shape index (κ3) is 3.09. The molecule has 0 amide bonds. The minimum atomic E-state index is -0.550. The van der Waals surface area contributed by atoms with Crippen LogP contribution in [0.15, 0.2) is 36.5 Å². The molecule has 0 saturated heterocycles. The third-order valence-corrected chi connectivity index (χ3v) is 2.94. The second-order valence-electron chi connectivity index (χ2n) is 4.31. The topological polar surface area (TPSA) is 48.7 Å². The van der Waals surface area contributed by atoms with E-state index in [4.69, 9.17) is 5.26 Å². The number of hydrogen-bond acceptors (Lipinski definition) is 3. The van der Waals surface area contributed by atoms with Crippen LogP contribution in [-0.4, -0.2) is 4.98 Å². The summed E-state index contributed by atoms with van der Waals surface area (Å²) < 4.78 is 26.1. The van der Waals surface area contributed by atoms with Crippen LogP contribution in [0.5, 0.6) is 0 Å². The molecule has 0 aliphatic heterocycles. The molecule has 0 radical (unpaired) electrons. The number of benzene rings is 1. The van der Waals surface area contributed by atoms with Crippen LogP contribution in [0.1, 0.15) is 30.6 Å². The van der Waals surface area contributed by atoms with Crippen molar-refractivity contribution in [1.82, 2.24) is 4.98 Å². The Morgan fingerprint density at radius 1 is 1.30 bits per heavy atom. The van der Waals surface area contributed by atoms with E-state index in [-0.39, 0.29) is 11.6 Å². The number of anilines is 1. The minimum absolute atomic E-state index is 0.0167. The summed E-state index contributed by atoms with van der Waals surface area (Å²) >= 11 is 0. The Kier molecular flexibility index (Phi) is 4.26. The van der Waals surface area contributed by atoms with Crippen molar-refractivity contribution < 1.29 is 8.78 Å². The molecule has 0 aliphatic carbocycles. The highest BCUT2D eigenvalue weighted by atomic mass is 19.1. The number of rotatable bonds is 4. The summed E-state index contributed by atoms with van der Waals surface area (Å²) in [4.78, 5) is 4.03. The molecular weight excluding hydrogens is 260 g/mol. The van der Waals surface area contributed by atoms with Crippen LogP contribution < -0.4 is 5.32 Å². The van der Waals surface area contributed by atoms with E-state index >= 15 is 0 Å². The van der Waals surface area contributed by atoms with Crippen molar-refractivity contribution in [2.75, 3.05) is 5.32 Å². The molecule has 0 fully saturated rings. The normalized spacial score (nSPS) is 11.7. The first kappa shape index (κ1) is 13.9. The van der Waals surface area contributed by atoms with Gasteiger partial charge in [0.15, 0.2) is 0 Å². The summed E-state index contributed by atoms with van der Waals surface area (Å²) in [5.41, 5.74) is 1.30. The smallest absolute Gasteiger partial charge is 0.141 e. The lowest BCUT2D eigenvalue weighted by atomic mass is 10.1. The fourth-order valence-corrected chi connectivity index (χ4v) is 1.88. The molecule has 0 saturated carbocycles. The van der Waals surface area contributed by atoms with Crippen LogP contribution in [0, 0.1) is 23.0 Å². The van der Waals surface area contributed by atoms with E-state index in [1.54, 1.807) is 18.2 Å². The van der Waals surface area contributed by atoms with Crippen molar-refractivity contribution in [1.29, 1.82) is 5.26 Å². The van der Waals surface area contributed by atoms with Gasteiger partial charge in [-0.15, -0.1) is 0 Å². The first-order chi connectivity index (χ1) is 9.63. The molecule has 102 valence electrons. The SMILES string of the molecule is CCC(Nc1ccc(F)c(C#N)c1)c1ccc(F)cn1. The molecule has 1 heterocycles. The molecule has 2 aromatic rings. The molecular formula is C15H13F2N3. The van der Waals surface area contributed by atoms with Gasteiger partial charge in [0.1, 0.15) is 17.7 Å². The zero-order valence-corrected chi connectivity index (χ0v) is 10.9. The van der Waals surface area contributed by atoms with Crippen LogP contribution in [0.4, 0.5) is 14.5 Å². The summed E-state index contributed by atoms with van der Waals surface area (Å²) in [6, 6.07) is 8.86. The molecule has 1 unspecified atom stereocenters. The highest BCUT2D eigenvalue weighted by Crippen LogP contribution is 2.22. The molecule has 1 N–H and O–H groups in total. The average Bonchev–Trinajstić information content (AvgIpc) is 2.47. The summed E-state index contributed by atoms with van der Waals surface area (Å²) in [6.07, 6.45) is 1.88.